The van der Waals surface area contributed by atoms with Crippen LogP contribution < -0.4 is 0 Å². The number of rotatable bonds is 2. The van der Waals surface area contributed by atoms with Crippen molar-refractivity contribution in [2.75, 3.05) is 0 Å². The molecule has 0 rings (SSSR count). The van der Waals surface area contributed by atoms with E-state index in [1.54, 1.807) is 19.1 Å². The van der Waals surface area contributed by atoms with Crippen molar-refractivity contribution in [1.82, 2.24) is 0 Å². The molecule has 0 atom stereocenters. The molecule has 0 saturated heterocycles. The molecule has 0 unspecified atom stereocenters. The molecule has 1 heteroatoms. The third-order valence-corrected chi connectivity index (χ3v) is 0.823. The Hall–Kier alpha value is -0.980. The fourth-order valence-corrected chi connectivity index (χ4v) is 0.273. The summed E-state index contributed by atoms with van der Waals surface area (Å²) in [6, 6.07) is 0. The lowest BCUT2D eigenvalue weighted by Crippen LogP contribution is -1.76. The molecule has 0 fully saturated rings. The Morgan fingerprint density at radius 3 is 2.25 bits per heavy atom. The van der Waals surface area contributed by atoms with E-state index in [0.29, 0.717) is 0 Å². The molecule has 8 heavy (non-hydrogen) atoms. The third kappa shape index (κ3) is 2.24. The van der Waals surface area contributed by atoms with Gasteiger partial charge in [0.25, 0.3) is 0 Å². The average molecular weight is 110 g/mol. The normalized spacial score (nSPS) is 10.9. The molecule has 0 saturated carbocycles. The van der Waals surface area contributed by atoms with Gasteiger partial charge in [0, 0.05) is 0 Å². The molecule has 44 valence electrons. The molecule has 0 amide bonds. The summed E-state index contributed by atoms with van der Waals surface area (Å²) in [6.07, 6.45) is 3.30. The van der Waals surface area contributed by atoms with E-state index < -0.39 is 0 Å². The second-order valence-electron chi connectivity index (χ2n) is 1.53. The Bertz CT molecular complexity index is 131. The van der Waals surface area contributed by atoms with Crippen molar-refractivity contribution in [2.45, 2.75) is 6.92 Å². The molecule has 1 nitrogen and oxygen atoms in total. The molecule has 0 aromatic rings. The molecule has 0 heterocycles. The Kier molecular flexibility index (Phi) is 2.70. The molecule has 1 N–H and O–H groups in total. The van der Waals surface area contributed by atoms with Gasteiger partial charge in [0.1, 0.15) is 5.76 Å². The maximum Gasteiger partial charge on any atom is 0.111 e. The van der Waals surface area contributed by atoms with Crippen LogP contribution >= 0.6 is 0 Å². The molecular formula is C7H10O. The minimum Gasteiger partial charge on any atom is -0.508 e. The minimum atomic E-state index is 0.102. The number of hydrogen-bond donors (Lipinski definition) is 1. The number of aliphatic hydroxyl groups excluding tert-OH is 1. The maximum absolute atomic E-state index is 8.64. The summed E-state index contributed by atoms with van der Waals surface area (Å²) < 4.78 is 0. The molecular weight excluding hydrogens is 100 g/mol. The first kappa shape index (κ1) is 7.02. The largest absolute Gasteiger partial charge is 0.508 e. The van der Waals surface area contributed by atoms with E-state index in [0.717, 1.165) is 5.57 Å². The maximum atomic E-state index is 8.64. The van der Waals surface area contributed by atoms with Crippen molar-refractivity contribution in [3.63, 3.8) is 0 Å². The highest BCUT2D eigenvalue weighted by molar-refractivity contribution is 5.22. The van der Waals surface area contributed by atoms with Crippen LogP contribution in [0.4, 0.5) is 0 Å². The van der Waals surface area contributed by atoms with Crippen molar-refractivity contribution in [1.29, 1.82) is 0 Å². The quantitative estimate of drug-likeness (QED) is 0.426. The van der Waals surface area contributed by atoms with Crippen LogP contribution in [0.3, 0.4) is 0 Å². The van der Waals surface area contributed by atoms with Gasteiger partial charge in [0.2, 0.25) is 0 Å². The van der Waals surface area contributed by atoms with Gasteiger partial charge in [-0.3, -0.25) is 0 Å². The van der Waals surface area contributed by atoms with Gasteiger partial charge >= 0.3 is 0 Å². The molecule has 0 aliphatic heterocycles. The van der Waals surface area contributed by atoms with Crippen LogP contribution in [0.1, 0.15) is 6.92 Å². The lowest BCUT2D eigenvalue weighted by Gasteiger charge is -1.91. The molecule has 0 aliphatic rings. The van der Waals surface area contributed by atoms with E-state index in [9.17, 15) is 0 Å². The van der Waals surface area contributed by atoms with Crippen molar-refractivity contribution >= 4 is 0 Å². The van der Waals surface area contributed by atoms with Gasteiger partial charge in [-0.1, -0.05) is 25.3 Å². The summed E-state index contributed by atoms with van der Waals surface area (Å²) >= 11 is 0. The Morgan fingerprint density at radius 2 is 2.12 bits per heavy atom. The second kappa shape index (κ2) is 3.08. The van der Waals surface area contributed by atoms with Gasteiger partial charge in [0.05, 0.1) is 0 Å². The third-order valence-electron chi connectivity index (χ3n) is 0.823. The highest BCUT2D eigenvalue weighted by Gasteiger charge is 1.85. The van der Waals surface area contributed by atoms with Crippen LogP contribution in [-0.2, 0) is 0 Å². The van der Waals surface area contributed by atoms with E-state index in [1.807, 2.05) is 0 Å². The lowest BCUT2D eigenvalue weighted by atomic mass is 10.2. The Morgan fingerprint density at radius 1 is 1.62 bits per heavy atom. The van der Waals surface area contributed by atoms with E-state index >= 15 is 0 Å². The molecule has 0 aromatic carbocycles. The summed E-state index contributed by atoms with van der Waals surface area (Å²) in [4.78, 5) is 0. The van der Waals surface area contributed by atoms with E-state index in [1.165, 1.54) is 0 Å². The summed E-state index contributed by atoms with van der Waals surface area (Å²) in [7, 11) is 0. The van der Waals surface area contributed by atoms with Crippen LogP contribution in [0.25, 0.3) is 0 Å². The van der Waals surface area contributed by atoms with Gasteiger partial charge in [-0.15, -0.1) is 0 Å². The fourth-order valence-electron chi connectivity index (χ4n) is 0.273. The first-order chi connectivity index (χ1) is 3.68. The first-order valence-electron chi connectivity index (χ1n) is 2.36. The van der Waals surface area contributed by atoms with Gasteiger partial charge in [0.15, 0.2) is 0 Å². The van der Waals surface area contributed by atoms with E-state index in [-0.39, 0.29) is 5.76 Å². The van der Waals surface area contributed by atoms with Gasteiger partial charge in [-0.05, 0) is 12.5 Å². The van der Waals surface area contributed by atoms with E-state index in [2.05, 4.69) is 13.2 Å². The van der Waals surface area contributed by atoms with Gasteiger partial charge in [-0.25, -0.2) is 0 Å². The zero-order valence-corrected chi connectivity index (χ0v) is 5.02. The molecule has 0 radical (unpaired) electrons. The van der Waals surface area contributed by atoms with Gasteiger partial charge in [-0.2, -0.15) is 0 Å². The van der Waals surface area contributed by atoms with Crippen molar-refractivity contribution in [2.24, 2.45) is 0 Å². The standard InChI is InChI=1S/C7H10O/c1-4-5-6(2)7(3)8/h4-5,8H,1,3H2,2H3/b6-5-. The number of aliphatic hydroxyl groups is 1. The summed E-state index contributed by atoms with van der Waals surface area (Å²) in [5.41, 5.74) is 0.750. The summed E-state index contributed by atoms with van der Waals surface area (Å²) in [5.74, 6) is 0.102. The topological polar surface area (TPSA) is 20.2 Å². The fraction of sp³-hybridized carbons (Fsp3) is 0.143. The second-order valence-corrected chi connectivity index (χ2v) is 1.53. The first-order valence-corrected chi connectivity index (χ1v) is 2.36. The summed E-state index contributed by atoms with van der Waals surface area (Å²) in [6.45, 7) is 8.54. The Balaban J connectivity index is 3.99. The van der Waals surface area contributed by atoms with Crippen molar-refractivity contribution in [3.8, 4) is 0 Å². The predicted molar refractivity (Wildman–Crippen MR) is 35.7 cm³/mol. The highest BCUT2D eigenvalue weighted by atomic mass is 16.3. The van der Waals surface area contributed by atoms with Crippen LogP contribution in [-0.4, -0.2) is 5.11 Å². The summed E-state index contributed by atoms with van der Waals surface area (Å²) in [5, 5.41) is 8.64. The number of hydrogen-bond acceptors (Lipinski definition) is 1. The minimum absolute atomic E-state index is 0.102. The molecule has 0 aliphatic carbocycles. The predicted octanol–water partition coefficient (Wildman–Crippen LogP) is 2.19. The van der Waals surface area contributed by atoms with Gasteiger partial charge < -0.3 is 5.11 Å². The van der Waals surface area contributed by atoms with E-state index in [4.69, 9.17) is 5.11 Å². The SMILES string of the molecule is C=C/C=C(/C)C(=C)O. The zero-order chi connectivity index (χ0) is 6.57. The van der Waals surface area contributed by atoms with Crippen LogP contribution in [0.15, 0.2) is 36.6 Å². The highest BCUT2D eigenvalue weighted by Crippen LogP contribution is 2.00. The van der Waals surface area contributed by atoms with Crippen LogP contribution in [0, 0.1) is 0 Å². The molecule has 0 bridgehead atoms. The lowest BCUT2D eigenvalue weighted by molar-refractivity contribution is 0.426. The smallest absolute Gasteiger partial charge is 0.111 e. The van der Waals surface area contributed by atoms with Crippen LogP contribution in [0.2, 0.25) is 0 Å². The number of allylic oxidation sites excluding steroid dienone is 3. The van der Waals surface area contributed by atoms with Crippen molar-refractivity contribution in [3.05, 3.63) is 36.6 Å². The monoisotopic (exact) mass is 110 g/mol. The van der Waals surface area contributed by atoms with Crippen LogP contribution in [0.5, 0.6) is 0 Å². The van der Waals surface area contributed by atoms with Crippen molar-refractivity contribution < 1.29 is 5.11 Å². The molecule has 0 spiro atoms. The zero-order valence-electron chi connectivity index (χ0n) is 5.02. The Labute approximate surface area is 49.7 Å². The molecule has 0 aromatic heterocycles. The average Bonchev–Trinajstić information content (AvgIpc) is 1.67.